The van der Waals surface area contributed by atoms with Crippen LogP contribution in [-0.2, 0) is 6.42 Å². The number of unbranched alkanes of at least 4 members (excludes halogenated alkanes) is 1. The molecule has 0 amide bonds. The fraction of sp³-hybridized carbons (Fsp3) is 0.533. The third-order valence-electron chi connectivity index (χ3n) is 3.48. The van der Waals surface area contributed by atoms with Crippen LogP contribution in [-0.4, -0.2) is 4.98 Å². The van der Waals surface area contributed by atoms with Gasteiger partial charge in [0.05, 0.1) is 11.6 Å². The smallest absolute Gasteiger partial charge is 0.259 e. The van der Waals surface area contributed by atoms with Crippen LogP contribution in [0, 0.1) is 5.92 Å². The van der Waals surface area contributed by atoms with Gasteiger partial charge in [-0.05, 0) is 24.8 Å². The first-order chi connectivity index (χ1) is 8.70. The van der Waals surface area contributed by atoms with Gasteiger partial charge in [-0.25, -0.2) is 0 Å². The van der Waals surface area contributed by atoms with Crippen LogP contribution in [0.1, 0.15) is 45.2 Å². The van der Waals surface area contributed by atoms with E-state index in [2.05, 4.69) is 18.8 Å². The number of rotatable bonds is 6. The van der Waals surface area contributed by atoms with Gasteiger partial charge in [0.1, 0.15) is 5.58 Å². The van der Waals surface area contributed by atoms with E-state index in [4.69, 9.17) is 4.42 Å². The van der Waals surface area contributed by atoms with Gasteiger partial charge >= 0.3 is 0 Å². The summed E-state index contributed by atoms with van der Waals surface area (Å²) in [5.41, 5.74) is 1.62. The van der Waals surface area contributed by atoms with Crippen molar-refractivity contribution in [3.05, 3.63) is 34.4 Å². The van der Waals surface area contributed by atoms with E-state index in [1.54, 1.807) is 12.3 Å². The van der Waals surface area contributed by atoms with E-state index in [9.17, 15) is 4.79 Å². The quantitative estimate of drug-likeness (QED) is 0.842. The first-order valence-electron chi connectivity index (χ1n) is 6.80. The topological polar surface area (TPSA) is 46.0 Å². The van der Waals surface area contributed by atoms with E-state index in [0.29, 0.717) is 16.9 Å². The Morgan fingerprint density at radius 3 is 3.00 bits per heavy atom. The Balaban J connectivity index is 2.01. The summed E-state index contributed by atoms with van der Waals surface area (Å²) in [6, 6.07) is 3.66. The zero-order valence-electron chi connectivity index (χ0n) is 11.2. The molecule has 1 unspecified atom stereocenters. The third-order valence-corrected chi connectivity index (χ3v) is 3.48. The van der Waals surface area contributed by atoms with Crippen molar-refractivity contribution in [2.24, 2.45) is 5.92 Å². The van der Waals surface area contributed by atoms with Crippen molar-refractivity contribution in [1.82, 2.24) is 4.98 Å². The molecule has 0 saturated carbocycles. The maximum atomic E-state index is 11.8. The second-order valence-corrected chi connectivity index (χ2v) is 5.11. The lowest BCUT2D eigenvalue weighted by Gasteiger charge is -2.10. The van der Waals surface area contributed by atoms with Crippen LogP contribution >= 0.6 is 0 Å². The van der Waals surface area contributed by atoms with E-state index in [-0.39, 0.29) is 5.56 Å². The Bertz CT molecular complexity index is 553. The van der Waals surface area contributed by atoms with Crippen molar-refractivity contribution in [2.45, 2.75) is 46.0 Å². The molecule has 0 saturated heterocycles. The summed E-state index contributed by atoms with van der Waals surface area (Å²) in [4.78, 5) is 14.7. The molecule has 2 rings (SSSR count). The molecular weight excluding hydrogens is 226 g/mol. The number of aromatic nitrogens is 1. The maximum Gasteiger partial charge on any atom is 0.259 e. The molecule has 0 aromatic carbocycles. The molecule has 0 aliphatic heterocycles. The van der Waals surface area contributed by atoms with Gasteiger partial charge in [-0.2, -0.15) is 0 Å². The van der Waals surface area contributed by atoms with Gasteiger partial charge in [-0.3, -0.25) is 4.79 Å². The highest BCUT2D eigenvalue weighted by Crippen LogP contribution is 2.16. The molecule has 0 aliphatic carbocycles. The Labute approximate surface area is 107 Å². The van der Waals surface area contributed by atoms with Gasteiger partial charge < -0.3 is 9.40 Å². The number of pyridine rings is 1. The summed E-state index contributed by atoms with van der Waals surface area (Å²) in [5.74, 6) is 0.709. The van der Waals surface area contributed by atoms with Crippen LogP contribution in [0.5, 0.6) is 0 Å². The number of hydrogen-bond donors (Lipinski definition) is 1. The molecule has 0 aliphatic rings. The van der Waals surface area contributed by atoms with Crippen molar-refractivity contribution in [3.63, 3.8) is 0 Å². The molecule has 1 N–H and O–H groups in total. The average molecular weight is 247 g/mol. The minimum Gasteiger partial charge on any atom is -0.464 e. The first-order valence-corrected chi connectivity index (χ1v) is 6.80. The molecule has 0 radical (unpaired) electrons. The number of fused-ring (bicyclic) bond motifs is 1. The molecule has 2 heterocycles. The molecule has 0 bridgehead atoms. The molecule has 98 valence electrons. The van der Waals surface area contributed by atoms with E-state index in [1.807, 2.05) is 6.07 Å². The minimum absolute atomic E-state index is 0.0440. The Kier molecular flexibility index (Phi) is 4.24. The molecule has 2 aromatic heterocycles. The second-order valence-electron chi connectivity index (χ2n) is 5.11. The number of aromatic amines is 1. The fourth-order valence-corrected chi connectivity index (χ4v) is 2.26. The predicted molar refractivity (Wildman–Crippen MR) is 73.8 cm³/mol. The van der Waals surface area contributed by atoms with Crippen LogP contribution in [0.15, 0.2) is 27.6 Å². The number of hydrogen-bond acceptors (Lipinski definition) is 2. The minimum atomic E-state index is -0.0440. The summed E-state index contributed by atoms with van der Waals surface area (Å²) < 4.78 is 5.29. The van der Waals surface area contributed by atoms with Crippen molar-refractivity contribution in [2.75, 3.05) is 0 Å². The predicted octanol–water partition coefficient (Wildman–Crippen LogP) is 3.88. The first kappa shape index (κ1) is 12.9. The van der Waals surface area contributed by atoms with Gasteiger partial charge in [0.2, 0.25) is 0 Å². The van der Waals surface area contributed by atoms with Gasteiger partial charge in [-0.1, -0.05) is 33.1 Å². The molecular formula is C15H21NO2. The number of nitrogens with one attached hydrogen (secondary N) is 1. The molecule has 3 nitrogen and oxygen atoms in total. The lowest BCUT2D eigenvalue weighted by molar-refractivity contribution is 0.469. The normalized spacial score (nSPS) is 13.0. The number of aryl methyl sites for hydroxylation is 1. The third kappa shape index (κ3) is 3.03. The van der Waals surface area contributed by atoms with Gasteiger partial charge in [-0.15, -0.1) is 0 Å². The standard InChI is InChI=1S/C15H21NO2/c1-3-4-5-11(2)6-7-12-10-14-13(8-9-18-14)15(17)16-12/h8-11H,3-7H2,1-2H3,(H,16,17). The molecule has 3 heteroatoms. The van der Waals surface area contributed by atoms with Gasteiger partial charge in [0, 0.05) is 11.8 Å². The summed E-state index contributed by atoms with van der Waals surface area (Å²) in [6.45, 7) is 4.49. The lowest BCUT2D eigenvalue weighted by Crippen LogP contribution is -2.09. The summed E-state index contributed by atoms with van der Waals surface area (Å²) >= 11 is 0. The van der Waals surface area contributed by atoms with E-state index in [1.165, 1.54) is 19.3 Å². The monoisotopic (exact) mass is 247 g/mol. The zero-order chi connectivity index (χ0) is 13.0. The van der Waals surface area contributed by atoms with Crippen LogP contribution in [0.25, 0.3) is 11.0 Å². The van der Waals surface area contributed by atoms with E-state index >= 15 is 0 Å². The summed E-state index contributed by atoms with van der Waals surface area (Å²) in [5, 5.41) is 0.637. The van der Waals surface area contributed by atoms with E-state index in [0.717, 1.165) is 18.5 Å². The van der Waals surface area contributed by atoms with Crippen LogP contribution in [0.4, 0.5) is 0 Å². The Morgan fingerprint density at radius 2 is 2.22 bits per heavy atom. The highest BCUT2D eigenvalue weighted by molar-refractivity contribution is 5.75. The average Bonchev–Trinajstić information content (AvgIpc) is 2.82. The summed E-state index contributed by atoms with van der Waals surface area (Å²) in [7, 11) is 0. The number of H-pyrrole nitrogens is 1. The SMILES string of the molecule is CCCCC(C)CCc1cc2occc2c(=O)[nH]1. The fourth-order valence-electron chi connectivity index (χ4n) is 2.26. The van der Waals surface area contributed by atoms with Crippen molar-refractivity contribution >= 4 is 11.0 Å². The highest BCUT2D eigenvalue weighted by Gasteiger charge is 2.06. The van der Waals surface area contributed by atoms with Crippen molar-refractivity contribution < 1.29 is 4.42 Å². The largest absolute Gasteiger partial charge is 0.464 e. The second kappa shape index (κ2) is 5.89. The summed E-state index contributed by atoms with van der Waals surface area (Å²) in [6.07, 6.45) is 7.39. The molecule has 0 spiro atoms. The van der Waals surface area contributed by atoms with Crippen LogP contribution in [0.2, 0.25) is 0 Å². The van der Waals surface area contributed by atoms with Crippen molar-refractivity contribution in [1.29, 1.82) is 0 Å². The Morgan fingerprint density at radius 1 is 1.39 bits per heavy atom. The molecule has 2 aromatic rings. The maximum absolute atomic E-state index is 11.8. The Hall–Kier alpha value is -1.51. The molecule has 0 fully saturated rings. The lowest BCUT2D eigenvalue weighted by atomic mass is 9.98. The zero-order valence-corrected chi connectivity index (χ0v) is 11.2. The molecule has 1 atom stereocenters. The van der Waals surface area contributed by atoms with E-state index < -0.39 is 0 Å². The van der Waals surface area contributed by atoms with Crippen molar-refractivity contribution in [3.8, 4) is 0 Å². The molecule has 18 heavy (non-hydrogen) atoms. The van der Waals surface area contributed by atoms with Crippen LogP contribution in [0.3, 0.4) is 0 Å². The van der Waals surface area contributed by atoms with Gasteiger partial charge in [0.25, 0.3) is 5.56 Å². The van der Waals surface area contributed by atoms with Crippen LogP contribution < -0.4 is 5.56 Å². The van der Waals surface area contributed by atoms with Gasteiger partial charge in [0.15, 0.2) is 0 Å². The highest BCUT2D eigenvalue weighted by atomic mass is 16.3. The number of furan rings is 1.